The van der Waals surface area contributed by atoms with Crippen molar-refractivity contribution in [3.63, 3.8) is 0 Å². The second kappa shape index (κ2) is 2.98. The van der Waals surface area contributed by atoms with E-state index in [1.54, 1.807) is 0 Å². The van der Waals surface area contributed by atoms with Gasteiger partial charge in [0.1, 0.15) is 12.7 Å². The average Bonchev–Trinajstić information content (AvgIpc) is 2.65. The normalized spacial score (nSPS) is 23.0. The molecule has 1 atom stereocenters. The summed E-state index contributed by atoms with van der Waals surface area (Å²) in [6.07, 6.45) is 0.248. The van der Waals surface area contributed by atoms with Gasteiger partial charge in [0.15, 0.2) is 0 Å². The van der Waals surface area contributed by atoms with Crippen molar-refractivity contribution in [2.75, 3.05) is 20.3 Å². The Hall–Kier alpha value is -0.350. The van der Waals surface area contributed by atoms with E-state index in [2.05, 4.69) is 17.0 Å². The summed E-state index contributed by atoms with van der Waals surface area (Å²) in [5.74, 6) is 0. The molecule has 0 aromatic rings. The van der Waals surface area contributed by atoms with Crippen LogP contribution in [0, 0.1) is 0 Å². The van der Waals surface area contributed by atoms with E-state index >= 15 is 0 Å². The lowest BCUT2D eigenvalue weighted by atomic mass is 10.5. The molecule has 1 aliphatic heterocycles. The zero-order valence-electron chi connectivity index (χ0n) is 5.12. The van der Waals surface area contributed by atoms with E-state index < -0.39 is 0 Å². The lowest BCUT2D eigenvalue weighted by Crippen LogP contribution is -2.08. The Morgan fingerprint density at radius 1 is 1.89 bits per heavy atom. The van der Waals surface area contributed by atoms with Crippen LogP contribution in [0.15, 0.2) is 0 Å². The highest BCUT2D eigenvalue weighted by Crippen LogP contribution is 2.08. The van der Waals surface area contributed by atoms with E-state index in [1.807, 2.05) is 0 Å². The molecule has 52 valence electrons. The van der Waals surface area contributed by atoms with Crippen molar-refractivity contribution in [3.8, 4) is 0 Å². The summed E-state index contributed by atoms with van der Waals surface area (Å²) in [6, 6.07) is 0. The summed E-state index contributed by atoms with van der Waals surface area (Å²) >= 11 is 4.60. The van der Waals surface area contributed by atoms with E-state index in [4.69, 9.17) is 9.47 Å². The van der Waals surface area contributed by atoms with Crippen molar-refractivity contribution in [2.45, 2.75) is 6.10 Å². The van der Waals surface area contributed by atoms with E-state index in [9.17, 15) is 0 Å². The molecule has 0 aromatic carbocycles. The first kappa shape index (κ1) is 6.77. The third kappa shape index (κ3) is 2.62. The molecule has 1 heterocycles. The Kier molecular flexibility index (Phi) is 2.24. The van der Waals surface area contributed by atoms with Crippen molar-refractivity contribution in [3.05, 3.63) is 0 Å². The van der Waals surface area contributed by atoms with Gasteiger partial charge in [-0.05, 0) is 0 Å². The Labute approximate surface area is 58.9 Å². The number of rotatable bonds is 2. The maximum Gasteiger partial charge on any atom is 0.352 e. The van der Waals surface area contributed by atoms with Gasteiger partial charge in [-0.3, -0.25) is 0 Å². The van der Waals surface area contributed by atoms with Gasteiger partial charge >= 0.3 is 5.24 Å². The van der Waals surface area contributed by atoms with Crippen LogP contribution in [0.2, 0.25) is 0 Å². The Bertz CT molecular complexity index is 111. The highest BCUT2D eigenvalue weighted by molar-refractivity contribution is 7.79. The van der Waals surface area contributed by atoms with Gasteiger partial charge in [0.2, 0.25) is 0 Å². The van der Waals surface area contributed by atoms with Gasteiger partial charge in [0, 0.05) is 12.2 Å². The molecular formula is C5H8O3S. The molecule has 0 amide bonds. The molecule has 3 nitrogen and oxygen atoms in total. The molecule has 0 aromatic heterocycles. The summed E-state index contributed by atoms with van der Waals surface area (Å²) in [5, 5.41) is 0.186. The molecule has 0 spiro atoms. The van der Waals surface area contributed by atoms with Crippen LogP contribution >= 0.6 is 12.2 Å². The second-order valence-electron chi connectivity index (χ2n) is 1.72. The maximum atomic E-state index is 4.90. The second-order valence-corrected chi connectivity index (χ2v) is 2.05. The molecule has 1 unspecified atom stereocenters. The molecule has 0 N–H and O–H groups in total. The first-order valence-corrected chi connectivity index (χ1v) is 3.06. The van der Waals surface area contributed by atoms with Crippen LogP contribution in [-0.2, 0) is 14.2 Å². The molecule has 9 heavy (non-hydrogen) atoms. The fraction of sp³-hybridized carbons (Fsp3) is 0.800. The van der Waals surface area contributed by atoms with Gasteiger partial charge in [0.25, 0.3) is 0 Å². The maximum absolute atomic E-state index is 4.90. The van der Waals surface area contributed by atoms with Gasteiger partial charge in [-0.1, -0.05) is 0 Å². The summed E-state index contributed by atoms with van der Waals surface area (Å²) < 4.78 is 14.3. The fourth-order valence-electron chi connectivity index (χ4n) is 0.384. The van der Waals surface area contributed by atoms with Crippen LogP contribution in [0.3, 0.4) is 0 Å². The molecular weight excluding hydrogens is 140 g/mol. The van der Waals surface area contributed by atoms with Gasteiger partial charge < -0.3 is 14.2 Å². The number of thiocarbonyl (C=S) groups is 1. The highest BCUT2D eigenvalue weighted by atomic mass is 32.1. The molecule has 1 saturated heterocycles. The topological polar surface area (TPSA) is 31.0 Å². The Morgan fingerprint density at radius 2 is 2.56 bits per heavy atom. The van der Waals surface area contributed by atoms with Crippen LogP contribution < -0.4 is 0 Å². The highest BCUT2D eigenvalue weighted by Gasteiger charge is 2.23. The standard InChI is InChI=1S/C5H8O3S/c1-6-5(9)8-3-4-2-7-4/h4H,2-3H2,1H3. The number of ether oxygens (including phenoxy) is 3. The van der Waals surface area contributed by atoms with E-state index in [0.29, 0.717) is 6.61 Å². The molecule has 1 fully saturated rings. The van der Waals surface area contributed by atoms with Crippen molar-refractivity contribution in [1.29, 1.82) is 0 Å². The van der Waals surface area contributed by atoms with Crippen LogP contribution in [-0.4, -0.2) is 31.7 Å². The number of methoxy groups -OCH3 is 1. The molecule has 0 aliphatic carbocycles. The van der Waals surface area contributed by atoms with Crippen molar-refractivity contribution >= 4 is 17.5 Å². The van der Waals surface area contributed by atoms with Crippen LogP contribution in [0.25, 0.3) is 0 Å². The van der Waals surface area contributed by atoms with Crippen molar-refractivity contribution < 1.29 is 14.2 Å². The molecule has 0 radical (unpaired) electrons. The third-order valence-electron chi connectivity index (χ3n) is 0.956. The predicted molar refractivity (Wildman–Crippen MR) is 35.3 cm³/mol. The van der Waals surface area contributed by atoms with Gasteiger partial charge in [-0.15, -0.1) is 0 Å². The summed E-state index contributed by atoms with van der Waals surface area (Å²) in [6.45, 7) is 1.30. The van der Waals surface area contributed by atoms with E-state index in [-0.39, 0.29) is 11.3 Å². The van der Waals surface area contributed by atoms with Gasteiger partial charge in [-0.25, -0.2) is 0 Å². The summed E-state index contributed by atoms with van der Waals surface area (Å²) in [5.41, 5.74) is 0. The quantitative estimate of drug-likeness (QED) is 0.417. The minimum atomic E-state index is 0.186. The first-order chi connectivity index (χ1) is 4.33. The molecule has 1 rings (SSSR count). The molecule has 4 heteroatoms. The SMILES string of the molecule is COC(=S)OCC1CO1. The van der Waals surface area contributed by atoms with Crippen LogP contribution in [0.1, 0.15) is 0 Å². The number of hydrogen-bond acceptors (Lipinski definition) is 4. The number of epoxide rings is 1. The summed E-state index contributed by atoms with van der Waals surface area (Å²) in [7, 11) is 1.48. The minimum Gasteiger partial charge on any atom is -0.460 e. The zero-order valence-corrected chi connectivity index (χ0v) is 5.94. The third-order valence-corrected chi connectivity index (χ3v) is 1.24. The molecule has 1 aliphatic rings. The Morgan fingerprint density at radius 3 is 3.00 bits per heavy atom. The fourth-order valence-corrected chi connectivity index (χ4v) is 0.452. The zero-order chi connectivity index (χ0) is 6.69. The average molecular weight is 148 g/mol. The first-order valence-electron chi connectivity index (χ1n) is 2.65. The monoisotopic (exact) mass is 148 g/mol. The lowest BCUT2D eigenvalue weighted by Gasteiger charge is -2.01. The smallest absolute Gasteiger partial charge is 0.352 e. The van der Waals surface area contributed by atoms with Gasteiger partial charge in [0.05, 0.1) is 13.7 Å². The van der Waals surface area contributed by atoms with Crippen LogP contribution in [0.5, 0.6) is 0 Å². The lowest BCUT2D eigenvalue weighted by molar-refractivity contribution is 0.188. The minimum absolute atomic E-state index is 0.186. The van der Waals surface area contributed by atoms with Crippen LogP contribution in [0.4, 0.5) is 0 Å². The molecule has 0 bridgehead atoms. The Balaban J connectivity index is 1.96. The van der Waals surface area contributed by atoms with Gasteiger partial charge in [-0.2, -0.15) is 0 Å². The van der Waals surface area contributed by atoms with E-state index in [0.717, 1.165) is 6.61 Å². The largest absolute Gasteiger partial charge is 0.460 e. The van der Waals surface area contributed by atoms with Crippen molar-refractivity contribution in [2.24, 2.45) is 0 Å². The number of hydrogen-bond donors (Lipinski definition) is 0. The molecule has 0 saturated carbocycles. The van der Waals surface area contributed by atoms with E-state index in [1.165, 1.54) is 7.11 Å². The summed E-state index contributed by atoms with van der Waals surface area (Å²) in [4.78, 5) is 0. The van der Waals surface area contributed by atoms with Crippen molar-refractivity contribution in [1.82, 2.24) is 0 Å². The predicted octanol–water partition coefficient (Wildman–Crippen LogP) is 0.333.